The SMILES string of the molecule is O=C(COC(=O)c1c2c(nc3ccccc13)/C(=C/c1ccc(O)cc1)CC2)Nc1c(F)cccc1F. The molecule has 8 heteroatoms. The first kappa shape index (κ1) is 23.2. The van der Waals surface area contributed by atoms with Gasteiger partial charge in [0.1, 0.15) is 23.1 Å². The first-order valence-corrected chi connectivity index (χ1v) is 11.2. The van der Waals surface area contributed by atoms with E-state index in [1.54, 1.807) is 42.5 Å². The maximum absolute atomic E-state index is 13.8. The Bertz CT molecular complexity index is 1510. The van der Waals surface area contributed by atoms with E-state index in [1.165, 1.54) is 6.07 Å². The predicted octanol–water partition coefficient (Wildman–Crippen LogP) is 5.50. The quantitative estimate of drug-likeness (QED) is 0.364. The van der Waals surface area contributed by atoms with Crippen molar-refractivity contribution in [3.63, 3.8) is 0 Å². The molecule has 4 aromatic rings. The highest BCUT2D eigenvalue weighted by molar-refractivity contribution is 6.08. The van der Waals surface area contributed by atoms with Gasteiger partial charge in [0.2, 0.25) is 0 Å². The average Bonchev–Trinajstić information content (AvgIpc) is 3.26. The van der Waals surface area contributed by atoms with Gasteiger partial charge in [0.15, 0.2) is 6.61 Å². The van der Waals surface area contributed by atoms with Crippen molar-refractivity contribution in [2.45, 2.75) is 12.8 Å². The molecule has 1 aliphatic rings. The predicted molar refractivity (Wildman–Crippen MR) is 131 cm³/mol. The molecule has 0 saturated heterocycles. The van der Waals surface area contributed by atoms with Crippen molar-refractivity contribution < 1.29 is 28.2 Å². The molecule has 0 spiro atoms. The smallest absolute Gasteiger partial charge is 0.339 e. The number of phenols is 1. The van der Waals surface area contributed by atoms with Gasteiger partial charge in [-0.15, -0.1) is 0 Å². The van der Waals surface area contributed by atoms with Gasteiger partial charge < -0.3 is 15.2 Å². The van der Waals surface area contributed by atoms with Crippen LogP contribution in [0.15, 0.2) is 66.7 Å². The molecule has 0 radical (unpaired) electrons. The number of amides is 1. The van der Waals surface area contributed by atoms with E-state index in [9.17, 15) is 23.5 Å². The Hall–Kier alpha value is -4.59. The topological polar surface area (TPSA) is 88.5 Å². The summed E-state index contributed by atoms with van der Waals surface area (Å²) in [4.78, 5) is 30.2. The van der Waals surface area contributed by atoms with E-state index in [2.05, 4.69) is 5.32 Å². The number of esters is 1. The van der Waals surface area contributed by atoms with Gasteiger partial charge in [-0.1, -0.05) is 36.4 Å². The lowest BCUT2D eigenvalue weighted by atomic mass is 10.0. The van der Waals surface area contributed by atoms with Crippen LogP contribution >= 0.6 is 0 Å². The molecule has 1 amide bonds. The van der Waals surface area contributed by atoms with Gasteiger partial charge in [-0.05, 0) is 65.9 Å². The first-order valence-electron chi connectivity index (χ1n) is 11.2. The standard InChI is InChI=1S/C28H20F2N2O4/c29-21-5-3-6-22(30)27(21)32-24(34)15-36-28(35)25-19-4-1-2-7-23(19)31-26-17(10-13-20(25)26)14-16-8-11-18(33)12-9-16/h1-9,11-12,14,33H,10,13,15H2,(H,32,34)/b17-14+. The van der Waals surface area contributed by atoms with E-state index in [1.807, 2.05) is 12.1 Å². The third-order valence-corrected chi connectivity index (χ3v) is 5.94. The molecule has 0 saturated carbocycles. The molecule has 0 atom stereocenters. The monoisotopic (exact) mass is 486 g/mol. The maximum Gasteiger partial charge on any atom is 0.339 e. The van der Waals surface area contributed by atoms with Crippen LogP contribution in [-0.2, 0) is 16.0 Å². The van der Waals surface area contributed by atoms with E-state index >= 15 is 0 Å². The molecular formula is C28H20F2N2O4. The van der Waals surface area contributed by atoms with Gasteiger partial charge in [0.05, 0.1) is 16.8 Å². The minimum Gasteiger partial charge on any atom is -0.508 e. The molecule has 0 aliphatic heterocycles. The number of rotatable bonds is 5. The Morgan fingerprint density at radius 2 is 1.69 bits per heavy atom. The van der Waals surface area contributed by atoms with Gasteiger partial charge in [-0.25, -0.2) is 18.6 Å². The number of pyridine rings is 1. The van der Waals surface area contributed by atoms with Crippen LogP contribution in [0.2, 0.25) is 0 Å². The minimum absolute atomic E-state index is 0.167. The molecule has 0 bridgehead atoms. The number of para-hydroxylation sites is 2. The van der Waals surface area contributed by atoms with Crippen molar-refractivity contribution in [2.24, 2.45) is 0 Å². The Kier molecular flexibility index (Phi) is 6.16. The Labute approximate surface area is 204 Å². The van der Waals surface area contributed by atoms with Crippen LogP contribution in [0, 0.1) is 11.6 Å². The number of hydrogen-bond acceptors (Lipinski definition) is 5. The molecule has 3 aromatic carbocycles. The number of aromatic hydroxyl groups is 1. The second kappa shape index (κ2) is 9.58. The van der Waals surface area contributed by atoms with Crippen LogP contribution < -0.4 is 5.32 Å². The second-order valence-corrected chi connectivity index (χ2v) is 8.31. The van der Waals surface area contributed by atoms with Crippen molar-refractivity contribution in [1.29, 1.82) is 0 Å². The van der Waals surface area contributed by atoms with Crippen molar-refractivity contribution in [1.82, 2.24) is 4.98 Å². The summed E-state index contributed by atoms with van der Waals surface area (Å²) in [6.07, 6.45) is 3.15. The summed E-state index contributed by atoms with van der Waals surface area (Å²) in [6.45, 7) is -0.714. The summed E-state index contributed by atoms with van der Waals surface area (Å²) in [5, 5.41) is 12.2. The lowest BCUT2D eigenvalue weighted by Crippen LogP contribution is -2.22. The molecule has 5 rings (SSSR count). The summed E-state index contributed by atoms with van der Waals surface area (Å²) in [6, 6.07) is 17.1. The van der Waals surface area contributed by atoms with Crippen LogP contribution in [0.5, 0.6) is 5.75 Å². The molecule has 180 valence electrons. The van der Waals surface area contributed by atoms with Crippen molar-refractivity contribution in [3.05, 3.63) is 101 Å². The number of anilines is 1. The van der Waals surface area contributed by atoms with E-state index in [4.69, 9.17) is 9.72 Å². The van der Waals surface area contributed by atoms with E-state index in [0.29, 0.717) is 40.6 Å². The Morgan fingerprint density at radius 3 is 2.44 bits per heavy atom. The average molecular weight is 486 g/mol. The molecule has 36 heavy (non-hydrogen) atoms. The summed E-state index contributed by atoms with van der Waals surface area (Å²) >= 11 is 0. The summed E-state index contributed by atoms with van der Waals surface area (Å²) in [5.41, 5.74) is 3.51. The van der Waals surface area contributed by atoms with Crippen molar-refractivity contribution >= 4 is 40.1 Å². The molecule has 0 fully saturated rings. The van der Waals surface area contributed by atoms with E-state index in [0.717, 1.165) is 23.3 Å². The number of ether oxygens (including phenoxy) is 1. The van der Waals surface area contributed by atoms with E-state index in [-0.39, 0.29) is 5.75 Å². The summed E-state index contributed by atoms with van der Waals surface area (Å²) in [5.74, 6) is -3.28. The number of nitrogens with one attached hydrogen (secondary N) is 1. The number of fused-ring (bicyclic) bond motifs is 2. The Morgan fingerprint density at radius 1 is 0.972 bits per heavy atom. The maximum atomic E-state index is 13.8. The zero-order valence-electron chi connectivity index (χ0n) is 18.9. The third-order valence-electron chi connectivity index (χ3n) is 5.94. The highest BCUT2D eigenvalue weighted by Gasteiger charge is 2.28. The van der Waals surface area contributed by atoms with Gasteiger partial charge in [0.25, 0.3) is 5.91 Å². The molecule has 1 aliphatic carbocycles. The molecule has 1 aromatic heterocycles. The molecule has 0 unspecified atom stereocenters. The number of carbonyl (C=O) groups excluding carboxylic acids is 2. The van der Waals surface area contributed by atoms with Crippen LogP contribution in [-0.4, -0.2) is 28.6 Å². The fourth-order valence-electron chi connectivity index (χ4n) is 4.28. The Balaban J connectivity index is 1.43. The summed E-state index contributed by atoms with van der Waals surface area (Å²) < 4.78 is 32.9. The van der Waals surface area contributed by atoms with Crippen LogP contribution in [0.1, 0.15) is 33.6 Å². The zero-order chi connectivity index (χ0) is 25.2. The van der Waals surface area contributed by atoms with Crippen molar-refractivity contribution in [3.8, 4) is 5.75 Å². The van der Waals surface area contributed by atoms with Gasteiger partial charge in [-0.2, -0.15) is 0 Å². The second-order valence-electron chi connectivity index (χ2n) is 8.31. The minimum atomic E-state index is -0.930. The first-order chi connectivity index (χ1) is 17.4. The number of halogens is 2. The van der Waals surface area contributed by atoms with Gasteiger partial charge in [-0.3, -0.25) is 4.79 Å². The number of carbonyl (C=O) groups is 2. The fraction of sp³-hybridized carbons (Fsp3) is 0.107. The molecule has 1 heterocycles. The molecular weight excluding hydrogens is 466 g/mol. The van der Waals surface area contributed by atoms with Gasteiger partial charge >= 0.3 is 5.97 Å². The highest BCUT2D eigenvalue weighted by atomic mass is 19.1. The number of phenolic OH excluding ortho intramolecular Hbond substituents is 1. The zero-order valence-corrected chi connectivity index (χ0v) is 18.9. The number of nitrogens with zero attached hydrogens (tertiary/aromatic N) is 1. The molecule has 6 nitrogen and oxygen atoms in total. The fourth-order valence-corrected chi connectivity index (χ4v) is 4.28. The van der Waals surface area contributed by atoms with Crippen LogP contribution in [0.3, 0.4) is 0 Å². The number of aromatic nitrogens is 1. The molecule has 2 N–H and O–H groups in total. The summed E-state index contributed by atoms with van der Waals surface area (Å²) in [7, 11) is 0. The van der Waals surface area contributed by atoms with Crippen molar-refractivity contribution in [2.75, 3.05) is 11.9 Å². The lowest BCUT2D eigenvalue weighted by molar-refractivity contribution is -0.119. The number of allylic oxidation sites excluding steroid dienone is 1. The van der Waals surface area contributed by atoms with E-state index < -0.39 is 35.8 Å². The largest absolute Gasteiger partial charge is 0.508 e. The highest BCUT2D eigenvalue weighted by Crippen LogP contribution is 2.38. The number of benzene rings is 3. The van der Waals surface area contributed by atoms with Crippen LogP contribution in [0.4, 0.5) is 14.5 Å². The van der Waals surface area contributed by atoms with Gasteiger partial charge in [0, 0.05) is 5.39 Å². The third kappa shape index (κ3) is 4.53. The lowest BCUT2D eigenvalue weighted by Gasteiger charge is -2.13. The normalized spacial score (nSPS) is 13.6. The number of hydrogen-bond donors (Lipinski definition) is 2. The van der Waals surface area contributed by atoms with Crippen LogP contribution in [0.25, 0.3) is 22.6 Å².